The summed E-state index contributed by atoms with van der Waals surface area (Å²) in [6, 6.07) is 12.1. The fraction of sp³-hybridized carbons (Fsp3) is 0.594. The van der Waals surface area contributed by atoms with E-state index < -0.39 is 5.97 Å². The molecule has 0 amide bonds. The van der Waals surface area contributed by atoms with Crippen LogP contribution in [-0.4, -0.2) is 37.7 Å². The minimum Gasteiger partial charge on any atom is -0.481 e. The Labute approximate surface area is 230 Å². The van der Waals surface area contributed by atoms with E-state index in [0.717, 1.165) is 24.2 Å². The Morgan fingerprint density at radius 1 is 0.737 bits per heavy atom. The molecular weight excluding hydrogens is 474 g/mol. The number of nitrogens with zero attached hydrogens (tertiary/aromatic N) is 2. The molecule has 0 aliphatic heterocycles. The highest BCUT2D eigenvalue weighted by Gasteiger charge is 1.97. The SMILES string of the molecule is CCCCCCCCCCCCCCCCCC(=O)O.OCCc1ncc[nH]1.c1ccc2ncccc2c1. The number of fused-ring (bicyclic) bond motifs is 1. The van der Waals surface area contributed by atoms with Gasteiger partial charge in [-0.3, -0.25) is 9.78 Å². The minimum atomic E-state index is -0.653. The van der Waals surface area contributed by atoms with Crippen molar-refractivity contribution < 1.29 is 15.0 Å². The monoisotopic (exact) mass is 525 g/mol. The highest BCUT2D eigenvalue weighted by molar-refractivity contribution is 5.77. The molecule has 6 heteroatoms. The van der Waals surface area contributed by atoms with E-state index in [1.165, 1.54) is 88.9 Å². The number of carbonyl (C=O) groups is 1. The van der Waals surface area contributed by atoms with Crippen molar-refractivity contribution in [2.24, 2.45) is 0 Å². The molecule has 0 fully saturated rings. The van der Waals surface area contributed by atoms with Crippen LogP contribution in [0.15, 0.2) is 55.0 Å². The lowest BCUT2D eigenvalue weighted by Gasteiger charge is -2.03. The standard InChI is InChI=1S/C18H36O2.C9H7N.C5H8N2O/c1-2-3-4-5-6-7-8-9-10-11-12-13-14-15-16-17-18(19)20;1-2-6-9-8(4-1)5-3-7-10-9;8-4-1-5-6-2-3-7-5/h2-17H2,1H3,(H,19,20);1-7H;2-3,8H,1,4H2,(H,6,7). The molecule has 0 saturated heterocycles. The van der Waals surface area contributed by atoms with Crippen LogP contribution < -0.4 is 0 Å². The van der Waals surface area contributed by atoms with Gasteiger partial charge < -0.3 is 15.2 Å². The maximum atomic E-state index is 10.3. The molecule has 0 spiro atoms. The van der Waals surface area contributed by atoms with Crippen molar-refractivity contribution in [2.45, 2.75) is 116 Å². The van der Waals surface area contributed by atoms with Crippen LogP contribution >= 0.6 is 0 Å². The lowest BCUT2D eigenvalue weighted by molar-refractivity contribution is -0.137. The zero-order valence-corrected chi connectivity index (χ0v) is 23.6. The van der Waals surface area contributed by atoms with Gasteiger partial charge >= 0.3 is 5.97 Å². The van der Waals surface area contributed by atoms with E-state index in [4.69, 9.17) is 10.2 Å². The van der Waals surface area contributed by atoms with Gasteiger partial charge in [0.15, 0.2) is 0 Å². The quantitative estimate of drug-likeness (QED) is 0.145. The molecule has 3 aromatic rings. The third-order valence-corrected chi connectivity index (χ3v) is 6.41. The summed E-state index contributed by atoms with van der Waals surface area (Å²) in [7, 11) is 0. The van der Waals surface area contributed by atoms with Gasteiger partial charge in [0.1, 0.15) is 5.82 Å². The lowest BCUT2D eigenvalue weighted by Crippen LogP contribution is -1.93. The number of nitrogens with one attached hydrogen (secondary N) is 1. The second-order valence-corrected chi connectivity index (χ2v) is 9.80. The van der Waals surface area contributed by atoms with Gasteiger partial charge in [0, 0.05) is 36.8 Å². The van der Waals surface area contributed by atoms with E-state index in [9.17, 15) is 4.79 Å². The predicted molar refractivity (Wildman–Crippen MR) is 158 cm³/mol. The molecule has 3 N–H and O–H groups in total. The number of aromatic amines is 1. The Bertz CT molecular complexity index is 850. The highest BCUT2D eigenvalue weighted by atomic mass is 16.4. The van der Waals surface area contributed by atoms with Crippen molar-refractivity contribution in [3.63, 3.8) is 0 Å². The zero-order valence-electron chi connectivity index (χ0n) is 23.6. The van der Waals surface area contributed by atoms with Crippen molar-refractivity contribution in [1.29, 1.82) is 0 Å². The number of H-pyrrole nitrogens is 1. The average Bonchev–Trinajstić information content (AvgIpc) is 3.45. The first kappa shape index (κ1) is 33.3. The van der Waals surface area contributed by atoms with E-state index in [1.54, 1.807) is 12.4 Å². The number of pyridine rings is 1. The van der Waals surface area contributed by atoms with E-state index in [0.29, 0.717) is 12.8 Å². The Morgan fingerprint density at radius 3 is 1.79 bits per heavy atom. The maximum absolute atomic E-state index is 10.3. The molecule has 212 valence electrons. The fourth-order valence-electron chi connectivity index (χ4n) is 4.20. The Hall–Kier alpha value is -2.73. The number of aliphatic hydroxyl groups excluding tert-OH is 1. The number of unbranched alkanes of at least 4 members (excludes halogenated alkanes) is 14. The van der Waals surface area contributed by atoms with Crippen molar-refractivity contribution in [1.82, 2.24) is 15.0 Å². The van der Waals surface area contributed by atoms with Gasteiger partial charge in [0.05, 0.1) is 12.1 Å². The lowest BCUT2D eigenvalue weighted by atomic mass is 10.0. The number of carboxylic acid groups (broad SMARTS) is 1. The normalized spacial score (nSPS) is 10.4. The van der Waals surface area contributed by atoms with Gasteiger partial charge in [-0.25, -0.2) is 4.98 Å². The topological polar surface area (TPSA) is 99.1 Å². The molecule has 2 heterocycles. The van der Waals surface area contributed by atoms with Crippen LogP contribution in [0.3, 0.4) is 0 Å². The van der Waals surface area contributed by atoms with Crippen LogP contribution in [0.25, 0.3) is 10.9 Å². The first-order valence-corrected chi connectivity index (χ1v) is 14.8. The molecule has 0 radical (unpaired) electrons. The summed E-state index contributed by atoms with van der Waals surface area (Å²) in [5.74, 6) is 0.187. The molecule has 3 rings (SSSR count). The van der Waals surface area contributed by atoms with Gasteiger partial charge in [-0.05, 0) is 18.6 Å². The average molecular weight is 526 g/mol. The molecular formula is C32H51N3O3. The summed E-state index contributed by atoms with van der Waals surface area (Å²) >= 11 is 0. The Morgan fingerprint density at radius 2 is 1.29 bits per heavy atom. The van der Waals surface area contributed by atoms with Crippen LogP contribution in [0.1, 0.15) is 115 Å². The van der Waals surface area contributed by atoms with Gasteiger partial charge in [0.25, 0.3) is 0 Å². The van der Waals surface area contributed by atoms with Gasteiger partial charge in [0.2, 0.25) is 0 Å². The second kappa shape index (κ2) is 24.6. The number of benzene rings is 1. The number of aliphatic hydroxyl groups is 1. The number of carboxylic acids is 1. The molecule has 0 saturated carbocycles. The van der Waals surface area contributed by atoms with Crippen LogP contribution in [-0.2, 0) is 11.2 Å². The molecule has 0 bridgehead atoms. The van der Waals surface area contributed by atoms with Crippen LogP contribution in [0.5, 0.6) is 0 Å². The van der Waals surface area contributed by atoms with Gasteiger partial charge in [-0.15, -0.1) is 0 Å². The number of rotatable bonds is 18. The maximum Gasteiger partial charge on any atom is 0.303 e. The summed E-state index contributed by atoms with van der Waals surface area (Å²) in [4.78, 5) is 21.3. The molecule has 1 aromatic carbocycles. The Kier molecular flexibility index (Phi) is 21.6. The number of hydrogen-bond acceptors (Lipinski definition) is 4. The Balaban J connectivity index is 0.000000326. The summed E-state index contributed by atoms with van der Waals surface area (Å²) in [5.41, 5.74) is 1.06. The first-order chi connectivity index (χ1) is 18.7. The number of hydrogen-bond donors (Lipinski definition) is 3. The van der Waals surface area contributed by atoms with E-state index in [-0.39, 0.29) is 6.61 Å². The molecule has 0 unspecified atom stereocenters. The fourth-order valence-corrected chi connectivity index (χ4v) is 4.20. The summed E-state index contributed by atoms with van der Waals surface area (Å²) in [6.07, 6.45) is 26.0. The van der Waals surface area contributed by atoms with Crippen LogP contribution in [0, 0.1) is 0 Å². The smallest absolute Gasteiger partial charge is 0.303 e. The number of aromatic nitrogens is 3. The highest BCUT2D eigenvalue weighted by Crippen LogP contribution is 2.13. The van der Waals surface area contributed by atoms with Crippen molar-refractivity contribution in [3.8, 4) is 0 Å². The van der Waals surface area contributed by atoms with E-state index >= 15 is 0 Å². The van der Waals surface area contributed by atoms with Crippen molar-refractivity contribution in [2.75, 3.05) is 6.61 Å². The molecule has 0 aliphatic rings. The molecule has 6 nitrogen and oxygen atoms in total. The number of aliphatic carboxylic acids is 1. The van der Waals surface area contributed by atoms with E-state index in [2.05, 4.69) is 34.0 Å². The predicted octanol–water partition coefficient (Wildman–Crippen LogP) is 8.51. The zero-order chi connectivity index (χ0) is 27.5. The van der Waals surface area contributed by atoms with E-state index in [1.807, 2.05) is 30.5 Å². The van der Waals surface area contributed by atoms with Crippen molar-refractivity contribution >= 4 is 16.9 Å². The summed E-state index contributed by atoms with van der Waals surface area (Å²) < 4.78 is 0. The largest absolute Gasteiger partial charge is 0.481 e. The van der Waals surface area contributed by atoms with Crippen LogP contribution in [0.4, 0.5) is 0 Å². The second-order valence-electron chi connectivity index (χ2n) is 9.80. The third-order valence-electron chi connectivity index (χ3n) is 6.41. The molecule has 38 heavy (non-hydrogen) atoms. The molecule has 2 aromatic heterocycles. The summed E-state index contributed by atoms with van der Waals surface area (Å²) in [6.45, 7) is 2.43. The van der Waals surface area contributed by atoms with Gasteiger partial charge in [-0.1, -0.05) is 121 Å². The van der Waals surface area contributed by atoms with Crippen LogP contribution in [0.2, 0.25) is 0 Å². The third kappa shape index (κ3) is 19.4. The number of imidazole rings is 1. The summed E-state index contributed by atoms with van der Waals surface area (Å²) in [5, 5.41) is 18.1. The minimum absolute atomic E-state index is 0.160. The molecule has 0 aliphatic carbocycles. The van der Waals surface area contributed by atoms with Gasteiger partial charge in [-0.2, -0.15) is 0 Å². The van der Waals surface area contributed by atoms with Crippen molar-refractivity contribution in [3.05, 3.63) is 60.8 Å². The molecule has 0 atom stereocenters. The first-order valence-electron chi connectivity index (χ1n) is 14.8. The number of para-hydroxylation sites is 1.